The van der Waals surface area contributed by atoms with Gasteiger partial charge in [-0.15, -0.1) is 0 Å². The molecule has 0 saturated carbocycles. The molecule has 98 valence electrons. The zero-order valence-corrected chi connectivity index (χ0v) is 10.6. The van der Waals surface area contributed by atoms with Gasteiger partial charge in [0, 0.05) is 12.5 Å². The molecule has 0 spiro atoms. The summed E-state index contributed by atoms with van der Waals surface area (Å²) in [5.41, 5.74) is 0. The normalized spacial score (nSPS) is 20.2. The fourth-order valence-electron chi connectivity index (χ4n) is 1.82. The minimum atomic E-state index is -0.291. The molecule has 2 heterocycles. The molecular weight excluding hydrogens is 234 g/mol. The van der Waals surface area contributed by atoms with Crippen LogP contribution in [-0.2, 0) is 9.53 Å². The Bertz CT molecular complexity index is 442. The average molecular weight is 251 g/mol. The van der Waals surface area contributed by atoms with Crippen molar-refractivity contribution in [3.05, 3.63) is 24.4 Å². The summed E-state index contributed by atoms with van der Waals surface area (Å²) >= 11 is 0. The van der Waals surface area contributed by atoms with Crippen molar-refractivity contribution in [2.24, 2.45) is 0 Å². The molecule has 1 aliphatic rings. The first-order valence-corrected chi connectivity index (χ1v) is 5.97. The van der Waals surface area contributed by atoms with E-state index in [2.05, 4.69) is 16.7 Å². The van der Waals surface area contributed by atoms with Gasteiger partial charge < -0.3 is 14.2 Å². The van der Waals surface area contributed by atoms with Crippen LogP contribution in [-0.4, -0.2) is 40.7 Å². The van der Waals surface area contributed by atoms with Gasteiger partial charge in [-0.1, -0.05) is 25.6 Å². The van der Waals surface area contributed by atoms with Crippen LogP contribution in [0.1, 0.15) is 37.5 Å². The minimum Gasteiger partial charge on any atom is -0.377 e. The van der Waals surface area contributed by atoms with Gasteiger partial charge in [-0.2, -0.15) is 4.98 Å². The molecule has 1 atom stereocenters. The van der Waals surface area contributed by atoms with Gasteiger partial charge in [-0.25, -0.2) is 0 Å². The van der Waals surface area contributed by atoms with Crippen LogP contribution in [0.3, 0.4) is 0 Å². The lowest BCUT2D eigenvalue weighted by atomic mass is 10.2. The van der Waals surface area contributed by atoms with E-state index in [1.165, 1.54) is 6.08 Å². The van der Waals surface area contributed by atoms with Gasteiger partial charge in [0.05, 0.1) is 13.2 Å². The molecule has 6 nitrogen and oxygen atoms in total. The Morgan fingerprint density at radius 3 is 3.00 bits per heavy atom. The van der Waals surface area contributed by atoms with Crippen molar-refractivity contribution < 1.29 is 14.1 Å². The highest BCUT2D eigenvalue weighted by Crippen LogP contribution is 2.23. The van der Waals surface area contributed by atoms with Gasteiger partial charge in [0.25, 0.3) is 0 Å². The van der Waals surface area contributed by atoms with Crippen LogP contribution in [0.4, 0.5) is 0 Å². The Hall–Kier alpha value is -1.69. The zero-order chi connectivity index (χ0) is 13.1. The van der Waals surface area contributed by atoms with Gasteiger partial charge >= 0.3 is 0 Å². The van der Waals surface area contributed by atoms with Crippen LogP contribution in [0, 0.1) is 0 Å². The monoisotopic (exact) mass is 251 g/mol. The third-order valence-corrected chi connectivity index (χ3v) is 2.84. The maximum atomic E-state index is 11.8. The number of amides is 1. The fraction of sp³-hybridized carbons (Fsp3) is 0.583. The molecule has 0 radical (unpaired) electrons. The SMILES string of the molecule is C=CC(=O)N1CCOCC1c1noc(C(C)C)n1. The highest BCUT2D eigenvalue weighted by molar-refractivity contribution is 5.87. The third kappa shape index (κ3) is 2.43. The predicted octanol–water partition coefficient (Wildman–Crippen LogP) is 1.28. The first-order valence-electron chi connectivity index (χ1n) is 5.97. The molecule has 1 aliphatic heterocycles. The maximum absolute atomic E-state index is 11.8. The Balaban J connectivity index is 2.22. The molecular formula is C12H17N3O3. The molecule has 1 amide bonds. The van der Waals surface area contributed by atoms with Gasteiger partial charge in [0.2, 0.25) is 11.8 Å². The number of hydrogen-bond acceptors (Lipinski definition) is 5. The van der Waals surface area contributed by atoms with Crippen LogP contribution in [0.25, 0.3) is 0 Å². The number of morpholine rings is 1. The Morgan fingerprint density at radius 1 is 1.61 bits per heavy atom. The van der Waals surface area contributed by atoms with Crippen LogP contribution in [0.5, 0.6) is 0 Å². The summed E-state index contributed by atoms with van der Waals surface area (Å²) in [6.07, 6.45) is 1.29. The zero-order valence-electron chi connectivity index (χ0n) is 10.6. The molecule has 1 aromatic rings. The standard InChI is InChI=1S/C12H17N3O3/c1-4-10(16)15-5-6-17-7-9(15)11-13-12(8(2)3)18-14-11/h4,8-9H,1,5-7H2,2-3H3. The van der Waals surface area contributed by atoms with E-state index in [4.69, 9.17) is 9.26 Å². The van der Waals surface area contributed by atoms with Crippen molar-refractivity contribution in [1.29, 1.82) is 0 Å². The second-order valence-corrected chi connectivity index (χ2v) is 4.47. The van der Waals surface area contributed by atoms with Crippen molar-refractivity contribution in [3.8, 4) is 0 Å². The van der Waals surface area contributed by atoms with E-state index >= 15 is 0 Å². The highest BCUT2D eigenvalue weighted by Gasteiger charge is 2.31. The maximum Gasteiger partial charge on any atom is 0.246 e. The fourth-order valence-corrected chi connectivity index (χ4v) is 1.82. The minimum absolute atomic E-state index is 0.140. The van der Waals surface area contributed by atoms with Gasteiger partial charge in [0.15, 0.2) is 5.82 Å². The number of carbonyl (C=O) groups excluding carboxylic acids is 1. The topological polar surface area (TPSA) is 68.5 Å². The van der Waals surface area contributed by atoms with Crippen LogP contribution >= 0.6 is 0 Å². The summed E-state index contributed by atoms with van der Waals surface area (Å²) < 4.78 is 10.5. The summed E-state index contributed by atoms with van der Waals surface area (Å²) in [5, 5.41) is 3.93. The smallest absolute Gasteiger partial charge is 0.246 e. The number of carbonyl (C=O) groups is 1. The molecule has 0 aromatic carbocycles. The van der Waals surface area contributed by atoms with Crippen LogP contribution < -0.4 is 0 Å². The summed E-state index contributed by atoms with van der Waals surface area (Å²) in [4.78, 5) is 17.7. The van der Waals surface area contributed by atoms with Crippen molar-refractivity contribution in [1.82, 2.24) is 15.0 Å². The van der Waals surface area contributed by atoms with E-state index in [9.17, 15) is 4.79 Å². The molecule has 0 N–H and O–H groups in total. The van der Waals surface area contributed by atoms with Crippen molar-refractivity contribution in [3.63, 3.8) is 0 Å². The van der Waals surface area contributed by atoms with E-state index in [1.807, 2.05) is 13.8 Å². The summed E-state index contributed by atoms with van der Waals surface area (Å²) in [7, 11) is 0. The quantitative estimate of drug-likeness (QED) is 0.757. The predicted molar refractivity (Wildman–Crippen MR) is 63.9 cm³/mol. The number of hydrogen-bond donors (Lipinski definition) is 0. The Labute approximate surface area is 106 Å². The summed E-state index contributed by atoms with van der Waals surface area (Å²) in [6.45, 7) is 8.87. The molecule has 6 heteroatoms. The average Bonchev–Trinajstić information content (AvgIpc) is 2.87. The lowest BCUT2D eigenvalue weighted by Gasteiger charge is -2.32. The Kier molecular flexibility index (Phi) is 3.76. The van der Waals surface area contributed by atoms with Crippen molar-refractivity contribution in [2.75, 3.05) is 19.8 Å². The molecule has 2 rings (SSSR count). The molecule has 0 aliphatic carbocycles. The summed E-state index contributed by atoms with van der Waals surface area (Å²) in [5.74, 6) is 1.09. The van der Waals surface area contributed by atoms with Crippen molar-refractivity contribution in [2.45, 2.75) is 25.8 Å². The van der Waals surface area contributed by atoms with E-state index < -0.39 is 0 Å². The largest absolute Gasteiger partial charge is 0.377 e. The van der Waals surface area contributed by atoms with E-state index in [0.29, 0.717) is 31.5 Å². The third-order valence-electron chi connectivity index (χ3n) is 2.84. The van der Waals surface area contributed by atoms with E-state index in [0.717, 1.165) is 0 Å². The number of aromatic nitrogens is 2. The molecule has 1 fully saturated rings. The highest BCUT2D eigenvalue weighted by atomic mass is 16.5. The first-order chi connectivity index (χ1) is 8.63. The van der Waals surface area contributed by atoms with Crippen LogP contribution in [0.2, 0.25) is 0 Å². The first kappa shape index (κ1) is 12.8. The van der Waals surface area contributed by atoms with E-state index in [1.54, 1.807) is 4.90 Å². The van der Waals surface area contributed by atoms with Crippen LogP contribution in [0.15, 0.2) is 17.2 Å². The van der Waals surface area contributed by atoms with E-state index in [-0.39, 0.29) is 17.9 Å². The van der Waals surface area contributed by atoms with Crippen molar-refractivity contribution >= 4 is 5.91 Å². The molecule has 1 saturated heterocycles. The Morgan fingerprint density at radius 2 is 2.39 bits per heavy atom. The lowest BCUT2D eigenvalue weighted by Crippen LogP contribution is -2.43. The van der Waals surface area contributed by atoms with Gasteiger partial charge in [-0.05, 0) is 6.08 Å². The lowest BCUT2D eigenvalue weighted by molar-refractivity contribution is -0.135. The number of nitrogens with zero attached hydrogens (tertiary/aromatic N) is 3. The van der Waals surface area contributed by atoms with Gasteiger partial charge in [-0.3, -0.25) is 4.79 Å². The molecule has 0 bridgehead atoms. The molecule has 18 heavy (non-hydrogen) atoms. The summed E-state index contributed by atoms with van der Waals surface area (Å²) in [6, 6.07) is -0.291. The van der Waals surface area contributed by atoms with Gasteiger partial charge in [0.1, 0.15) is 6.04 Å². The second-order valence-electron chi connectivity index (χ2n) is 4.47. The second kappa shape index (κ2) is 5.30. The number of rotatable bonds is 3. The molecule has 1 aromatic heterocycles. The molecule has 1 unspecified atom stereocenters. The number of ether oxygens (including phenoxy) is 1.